The Bertz CT molecular complexity index is 4240. The van der Waals surface area contributed by atoms with Crippen molar-refractivity contribution in [1.82, 2.24) is 0 Å². The molecule has 4 aromatic heterocycles. The number of methoxy groups -OCH3 is 1. The van der Waals surface area contributed by atoms with Crippen LogP contribution in [0.4, 0.5) is 22.0 Å². The molecule has 11 aromatic rings. The van der Waals surface area contributed by atoms with Crippen LogP contribution in [0.3, 0.4) is 0 Å². The molecule has 7 nitrogen and oxygen atoms in total. The third-order valence-electron chi connectivity index (χ3n) is 15.8. The minimum absolute atomic E-state index is 0.132. The maximum Gasteiger partial charge on any atom is 0.422 e. The Labute approximate surface area is 515 Å². The van der Waals surface area contributed by atoms with Gasteiger partial charge in [-0.3, -0.25) is 0 Å². The number of benzene rings is 7. The molecule has 452 valence electrons. The Morgan fingerprint density at radius 1 is 0.443 bits per heavy atom. The number of nitrogens with zero attached hydrogens (tertiary/aromatic N) is 4. The average molecular weight is 1190 g/mol. The number of aryl methyl sites for hydroxylation is 11. The van der Waals surface area contributed by atoms with Crippen molar-refractivity contribution in [3.8, 4) is 62.1 Å². The molecule has 0 amide bonds. The van der Waals surface area contributed by atoms with Gasteiger partial charge in [-0.05, 0) is 171 Å². The Morgan fingerprint density at radius 2 is 1.06 bits per heavy atom. The zero-order chi connectivity index (χ0) is 63.8. The fraction of sp³-hybridized carbons (Fsp3) is 0.237. The van der Waals surface area contributed by atoms with Crippen molar-refractivity contribution in [2.45, 2.75) is 80.8 Å². The van der Waals surface area contributed by atoms with Crippen LogP contribution in [-0.2, 0) is 39.8 Å². The van der Waals surface area contributed by atoms with Gasteiger partial charge >= 0.3 is 6.18 Å². The molecular weight excluding hydrogens is 1110 g/mol. The van der Waals surface area contributed by atoms with Crippen LogP contribution in [0.15, 0.2) is 195 Å². The van der Waals surface area contributed by atoms with Crippen molar-refractivity contribution in [2.75, 3.05) is 13.9 Å². The Balaban J connectivity index is 0.000000143. The maximum atomic E-state index is 13.7. The van der Waals surface area contributed by atoms with Gasteiger partial charge in [-0.25, -0.2) is 27.0 Å². The summed E-state index contributed by atoms with van der Waals surface area (Å²) in [7, 11) is 9.44. The van der Waals surface area contributed by atoms with Gasteiger partial charge in [0.05, 0.1) is 18.1 Å². The second-order valence-corrected chi connectivity index (χ2v) is 23.5. The van der Waals surface area contributed by atoms with Gasteiger partial charge in [-0.2, -0.15) is 13.2 Å². The largest absolute Gasteiger partial charge is 0.497 e. The van der Waals surface area contributed by atoms with Crippen molar-refractivity contribution in [3.05, 3.63) is 256 Å². The lowest BCUT2D eigenvalue weighted by molar-refractivity contribution is -0.661. The summed E-state index contributed by atoms with van der Waals surface area (Å²) < 4.78 is 88.8. The highest BCUT2D eigenvalue weighted by atomic mass is 19.4. The smallest absolute Gasteiger partial charge is 0.422 e. The lowest BCUT2D eigenvalue weighted by Gasteiger charge is -2.19. The molecule has 1 aliphatic rings. The third-order valence-corrected chi connectivity index (χ3v) is 15.8. The Morgan fingerprint density at radius 3 is 1.70 bits per heavy atom. The first-order valence-corrected chi connectivity index (χ1v) is 29.2. The number of fused-ring (bicyclic) bond motifs is 4. The molecule has 0 fully saturated rings. The molecule has 1 aliphatic heterocycles. The molecule has 12 rings (SSSR count). The number of rotatable bonds is 5. The molecule has 0 aliphatic carbocycles. The molecule has 0 saturated heterocycles. The summed E-state index contributed by atoms with van der Waals surface area (Å²) in [6.45, 7) is 21.1. The zero-order valence-electron chi connectivity index (χ0n) is 53.1. The van der Waals surface area contributed by atoms with Crippen LogP contribution < -0.4 is 32.5 Å². The molecule has 5 heterocycles. The minimum atomic E-state index is -4.33. The van der Waals surface area contributed by atoms with E-state index in [1.807, 2.05) is 56.3 Å². The Kier molecular flexibility index (Phi) is 20.3. The quantitative estimate of drug-likeness (QED) is 0.0980. The number of ether oxygens (including phenoxy) is 3. The van der Waals surface area contributed by atoms with E-state index >= 15 is 0 Å². The van der Waals surface area contributed by atoms with Gasteiger partial charge in [-0.1, -0.05) is 87.0 Å². The van der Waals surface area contributed by atoms with Crippen LogP contribution in [0.25, 0.3) is 66.6 Å². The molecular formula is C76H79F5N4O3+4. The van der Waals surface area contributed by atoms with Crippen molar-refractivity contribution in [3.63, 3.8) is 0 Å². The molecule has 0 radical (unpaired) electrons. The fourth-order valence-electron chi connectivity index (χ4n) is 11.0. The van der Waals surface area contributed by atoms with Gasteiger partial charge in [0.25, 0.3) is 0 Å². The van der Waals surface area contributed by atoms with Crippen LogP contribution in [0.1, 0.15) is 70.8 Å². The molecule has 12 heteroatoms. The van der Waals surface area contributed by atoms with Crippen LogP contribution in [0, 0.1) is 60.1 Å². The molecule has 88 heavy (non-hydrogen) atoms. The second-order valence-electron chi connectivity index (χ2n) is 23.5. The summed E-state index contributed by atoms with van der Waals surface area (Å²) in [5.41, 5.74) is 17.7. The Hall–Kier alpha value is -9.29. The van der Waals surface area contributed by atoms with E-state index in [9.17, 15) is 22.0 Å². The van der Waals surface area contributed by atoms with Gasteiger partial charge in [0.15, 0.2) is 36.3 Å². The maximum absolute atomic E-state index is 13.7. The molecule has 0 saturated carbocycles. The number of aromatic nitrogens is 4. The summed E-state index contributed by atoms with van der Waals surface area (Å²) in [4.78, 5) is 0. The standard InChI is InChI=1S/C18H22NO2.C15H15F3NO.C15H14N.C14H12F2.C14H16N/c1-12-8-16-17(21-11-20-16)10-14(12)15-9-13(18(2,3)4)6-7-19(15)5;1-10-8-12(20-3)5-6-13(10)14-7-4-11(9-19(14)2)15(16,17)18;1-11-5-3-6-12-8-9-13-7-4-10-16(2)15(13)14(11)12;1-9-5-3-4-6-12(9)14-10(2)7-11(15)8-13(14)16;1-11-7-8-13(12(2)10-11)14-6-4-5-9-15(14)3/h6-10H,11H2,1-5H3;4-9H,1-3H3;3-10H,1-2H3;3-8H,1-2H3;4-10H,1-3H3/q3*+1;;+1. The van der Waals surface area contributed by atoms with E-state index in [0.717, 1.165) is 63.5 Å². The number of hydrogen-bond acceptors (Lipinski definition) is 3. The molecule has 0 unspecified atom stereocenters. The summed E-state index contributed by atoms with van der Waals surface area (Å²) in [5, 5.41) is 3.98. The number of halogens is 5. The normalized spacial score (nSPS) is 11.5. The van der Waals surface area contributed by atoms with Gasteiger partial charge in [0, 0.05) is 64.5 Å². The third kappa shape index (κ3) is 15.3. The highest BCUT2D eigenvalue weighted by Gasteiger charge is 2.34. The van der Waals surface area contributed by atoms with Crippen LogP contribution in [0.2, 0.25) is 0 Å². The summed E-state index contributed by atoms with van der Waals surface area (Å²) in [6, 6.07) is 54.4. The summed E-state index contributed by atoms with van der Waals surface area (Å²) >= 11 is 0. The van der Waals surface area contributed by atoms with Crippen molar-refractivity contribution >= 4 is 21.7 Å². The van der Waals surface area contributed by atoms with Gasteiger partial charge in [-0.15, -0.1) is 0 Å². The topological polar surface area (TPSA) is 43.2 Å². The van der Waals surface area contributed by atoms with Gasteiger partial charge in [0.1, 0.15) is 51.1 Å². The summed E-state index contributed by atoms with van der Waals surface area (Å²) in [5.74, 6) is 1.35. The van der Waals surface area contributed by atoms with E-state index < -0.39 is 23.4 Å². The van der Waals surface area contributed by atoms with E-state index in [0.29, 0.717) is 17.9 Å². The predicted molar refractivity (Wildman–Crippen MR) is 343 cm³/mol. The zero-order valence-corrected chi connectivity index (χ0v) is 53.1. The number of pyridine rings is 4. The van der Waals surface area contributed by atoms with Crippen LogP contribution >= 0.6 is 0 Å². The van der Waals surface area contributed by atoms with Crippen molar-refractivity contribution in [2.24, 2.45) is 28.2 Å². The van der Waals surface area contributed by atoms with E-state index in [4.69, 9.17) is 14.2 Å². The van der Waals surface area contributed by atoms with E-state index in [2.05, 4.69) is 199 Å². The molecule has 0 N–H and O–H groups in total. The minimum Gasteiger partial charge on any atom is -0.497 e. The molecule has 0 spiro atoms. The fourth-order valence-corrected chi connectivity index (χ4v) is 11.0. The first kappa shape index (κ1) is 64.7. The lowest BCUT2D eigenvalue weighted by Crippen LogP contribution is -2.32. The van der Waals surface area contributed by atoms with Crippen LogP contribution in [0.5, 0.6) is 17.2 Å². The van der Waals surface area contributed by atoms with Crippen molar-refractivity contribution in [1.29, 1.82) is 0 Å². The lowest BCUT2D eigenvalue weighted by atomic mass is 9.86. The number of alkyl halides is 3. The SMILES string of the molecule is COc1ccc(-c2ccc(C(F)(F)F)c[n+]2C)c(C)c1.Cc1cc2c(cc1-c1cc(C(C)(C)C)cc[n+]1C)OCO2.Cc1ccc(-c2cccc[n+]2C)c(C)c1.Cc1cccc2ccc3ccc[n+](C)c3c12.Cc1ccccc1-c1c(C)cc(F)cc1F. The average Bonchev–Trinajstić information content (AvgIpc) is 2.20. The molecule has 0 bridgehead atoms. The monoisotopic (exact) mass is 1190 g/mol. The number of hydrogen-bond donors (Lipinski definition) is 0. The van der Waals surface area contributed by atoms with E-state index in [1.165, 1.54) is 88.7 Å². The molecule has 0 atom stereocenters. The summed E-state index contributed by atoms with van der Waals surface area (Å²) in [6.07, 6.45) is 3.08. The van der Waals surface area contributed by atoms with Crippen LogP contribution in [-0.4, -0.2) is 13.9 Å². The highest BCUT2D eigenvalue weighted by Crippen LogP contribution is 2.39. The van der Waals surface area contributed by atoms with Gasteiger partial charge < -0.3 is 14.2 Å². The van der Waals surface area contributed by atoms with Crippen molar-refractivity contribution < 1.29 is 54.4 Å². The van der Waals surface area contributed by atoms with E-state index in [1.54, 1.807) is 27.1 Å². The molecule has 7 aromatic carbocycles. The van der Waals surface area contributed by atoms with E-state index in [-0.39, 0.29) is 5.41 Å². The second kappa shape index (κ2) is 27.6. The first-order valence-electron chi connectivity index (χ1n) is 29.2. The van der Waals surface area contributed by atoms with Gasteiger partial charge in [0.2, 0.25) is 29.4 Å². The first-order chi connectivity index (χ1) is 41.7. The predicted octanol–water partition coefficient (Wildman–Crippen LogP) is 17.2. The highest BCUT2D eigenvalue weighted by molar-refractivity contribution is 6.05.